The van der Waals surface area contributed by atoms with E-state index in [4.69, 9.17) is 9.84 Å². The molecule has 0 saturated heterocycles. The third kappa shape index (κ3) is 2.23. The van der Waals surface area contributed by atoms with Gasteiger partial charge < -0.3 is 9.84 Å². The lowest BCUT2D eigenvalue weighted by molar-refractivity contribution is 0.272. The Labute approximate surface area is 86.7 Å². The predicted octanol–water partition coefficient (Wildman–Crippen LogP) is 2.55. The zero-order chi connectivity index (χ0) is 9.84. The number of ether oxygens (including phenoxy) is 1. The lowest BCUT2D eigenvalue weighted by atomic mass is 10.0. The van der Waals surface area contributed by atoms with Gasteiger partial charge in [-0.25, -0.2) is 0 Å². The third-order valence-corrected chi connectivity index (χ3v) is 2.87. The third-order valence-electron chi connectivity index (χ3n) is 2.02. The van der Waals surface area contributed by atoms with Gasteiger partial charge in [0.25, 0.3) is 0 Å². The number of hydrogen-bond acceptors (Lipinski definition) is 2. The van der Waals surface area contributed by atoms with Gasteiger partial charge in [-0.05, 0) is 27.6 Å². The summed E-state index contributed by atoms with van der Waals surface area (Å²) in [5.74, 6) is 0.933. The summed E-state index contributed by atoms with van der Waals surface area (Å²) in [5, 5.41) is 9.01. The molecule has 0 radical (unpaired) electrons. The van der Waals surface area contributed by atoms with Crippen molar-refractivity contribution in [3.63, 3.8) is 0 Å². The molecule has 2 nitrogen and oxygen atoms in total. The Morgan fingerprint density at radius 2 is 2.23 bits per heavy atom. The van der Waals surface area contributed by atoms with E-state index in [1.807, 2.05) is 25.1 Å². The smallest absolute Gasteiger partial charge is 0.133 e. The molecule has 1 atom stereocenters. The Bertz CT molecular complexity index is 286. The van der Waals surface area contributed by atoms with Crippen LogP contribution in [0, 0.1) is 0 Å². The Kier molecular flexibility index (Phi) is 3.75. The van der Waals surface area contributed by atoms with Crippen LogP contribution in [-0.2, 0) is 0 Å². The van der Waals surface area contributed by atoms with E-state index in [0.29, 0.717) is 0 Å². The van der Waals surface area contributed by atoms with Gasteiger partial charge in [0, 0.05) is 12.5 Å². The molecule has 0 fully saturated rings. The Morgan fingerprint density at radius 3 is 2.77 bits per heavy atom. The normalized spacial score (nSPS) is 12.6. The second-order valence-electron chi connectivity index (χ2n) is 2.95. The minimum absolute atomic E-state index is 0.129. The molecule has 72 valence electrons. The summed E-state index contributed by atoms with van der Waals surface area (Å²) in [6.45, 7) is 2.12. The summed E-state index contributed by atoms with van der Waals surface area (Å²) in [6.07, 6.45) is 0. The summed E-state index contributed by atoms with van der Waals surface area (Å²) in [7, 11) is 1.63. The van der Waals surface area contributed by atoms with Crippen molar-refractivity contribution in [2.45, 2.75) is 12.8 Å². The van der Waals surface area contributed by atoms with Crippen molar-refractivity contribution in [1.82, 2.24) is 0 Å². The first-order valence-corrected chi connectivity index (χ1v) is 4.93. The van der Waals surface area contributed by atoms with Crippen molar-refractivity contribution in [3.8, 4) is 5.75 Å². The summed E-state index contributed by atoms with van der Waals surface area (Å²) >= 11 is 3.45. The minimum Gasteiger partial charge on any atom is -0.496 e. The van der Waals surface area contributed by atoms with Gasteiger partial charge in [0.05, 0.1) is 11.6 Å². The van der Waals surface area contributed by atoms with Crippen molar-refractivity contribution in [2.75, 3.05) is 13.7 Å². The van der Waals surface area contributed by atoms with Gasteiger partial charge in [-0.1, -0.05) is 19.1 Å². The van der Waals surface area contributed by atoms with E-state index in [1.165, 1.54) is 0 Å². The molecule has 0 spiro atoms. The zero-order valence-electron chi connectivity index (χ0n) is 7.75. The molecule has 0 aliphatic heterocycles. The van der Waals surface area contributed by atoms with E-state index < -0.39 is 0 Å². The molecule has 1 unspecified atom stereocenters. The maximum atomic E-state index is 9.01. The van der Waals surface area contributed by atoms with Crippen molar-refractivity contribution < 1.29 is 9.84 Å². The maximum absolute atomic E-state index is 9.01. The van der Waals surface area contributed by atoms with Crippen molar-refractivity contribution in [3.05, 3.63) is 28.2 Å². The van der Waals surface area contributed by atoms with Crippen molar-refractivity contribution in [2.24, 2.45) is 0 Å². The van der Waals surface area contributed by atoms with Crippen LogP contribution in [-0.4, -0.2) is 18.8 Å². The zero-order valence-corrected chi connectivity index (χ0v) is 9.34. The predicted molar refractivity (Wildman–Crippen MR) is 56.2 cm³/mol. The molecule has 3 heteroatoms. The molecule has 0 aliphatic carbocycles. The van der Waals surface area contributed by atoms with Gasteiger partial charge in [-0.3, -0.25) is 0 Å². The highest BCUT2D eigenvalue weighted by Crippen LogP contribution is 2.32. The molecule has 1 aromatic carbocycles. The molecule has 0 amide bonds. The highest BCUT2D eigenvalue weighted by atomic mass is 79.9. The first-order chi connectivity index (χ1) is 6.20. The molecule has 0 bridgehead atoms. The van der Waals surface area contributed by atoms with Crippen LogP contribution in [0.4, 0.5) is 0 Å². The van der Waals surface area contributed by atoms with Crippen LogP contribution in [0.2, 0.25) is 0 Å². The minimum atomic E-state index is 0.129. The van der Waals surface area contributed by atoms with Crippen LogP contribution >= 0.6 is 15.9 Å². The summed E-state index contributed by atoms with van der Waals surface area (Å²) < 4.78 is 6.08. The van der Waals surface area contributed by atoms with Crippen molar-refractivity contribution >= 4 is 15.9 Å². The number of aliphatic hydroxyl groups is 1. The van der Waals surface area contributed by atoms with E-state index in [-0.39, 0.29) is 12.5 Å². The first-order valence-electron chi connectivity index (χ1n) is 4.14. The topological polar surface area (TPSA) is 29.5 Å². The van der Waals surface area contributed by atoms with E-state index >= 15 is 0 Å². The van der Waals surface area contributed by atoms with Crippen LogP contribution < -0.4 is 4.74 Å². The molecule has 0 saturated carbocycles. The van der Waals surface area contributed by atoms with Crippen molar-refractivity contribution in [1.29, 1.82) is 0 Å². The lowest BCUT2D eigenvalue weighted by Crippen LogP contribution is -2.00. The van der Waals surface area contributed by atoms with Crippen LogP contribution in [0.1, 0.15) is 18.4 Å². The van der Waals surface area contributed by atoms with Gasteiger partial charge >= 0.3 is 0 Å². The van der Waals surface area contributed by atoms with Crippen LogP contribution in [0.5, 0.6) is 5.75 Å². The molecule has 0 aliphatic rings. The average molecular weight is 245 g/mol. The maximum Gasteiger partial charge on any atom is 0.133 e. The highest BCUT2D eigenvalue weighted by molar-refractivity contribution is 9.10. The van der Waals surface area contributed by atoms with Gasteiger partial charge in [-0.15, -0.1) is 0 Å². The van der Waals surface area contributed by atoms with Gasteiger partial charge in [0.1, 0.15) is 5.75 Å². The molecule has 0 heterocycles. The van der Waals surface area contributed by atoms with Crippen LogP contribution in [0.25, 0.3) is 0 Å². The Hall–Kier alpha value is -0.540. The van der Waals surface area contributed by atoms with E-state index in [2.05, 4.69) is 15.9 Å². The quantitative estimate of drug-likeness (QED) is 0.886. The van der Waals surface area contributed by atoms with E-state index in [1.54, 1.807) is 7.11 Å². The largest absolute Gasteiger partial charge is 0.496 e. The average Bonchev–Trinajstić information content (AvgIpc) is 2.17. The molecule has 1 rings (SSSR count). The number of benzene rings is 1. The second-order valence-corrected chi connectivity index (χ2v) is 3.74. The molecule has 0 aromatic heterocycles. The van der Waals surface area contributed by atoms with Crippen LogP contribution in [0.3, 0.4) is 0 Å². The SMILES string of the molecule is COc1cccc(C(C)CO)c1Br. The number of halogens is 1. The number of methoxy groups -OCH3 is 1. The number of hydrogen-bond donors (Lipinski definition) is 1. The fraction of sp³-hybridized carbons (Fsp3) is 0.400. The molecule has 1 N–H and O–H groups in total. The molecule has 13 heavy (non-hydrogen) atoms. The van der Waals surface area contributed by atoms with Gasteiger partial charge in [0.2, 0.25) is 0 Å². The second kappa shape index (κ2) is 4.63. The summed E-state index contributed by atoms with van der Waals surface area (Å²) in [4.78, 5) is 0. The van der Waals surface area contributed by atoms with Gasteiger partial charge in [-0.2, -0.15) is 0 Å². The highest BCUT2D eigenvalue weighted by Gasteiger charge is 2.11. The summed E-state index contributed by atoms with van der Waals surface area (Å²) in [5.41, 5.74) is 1.07. The molecular formula is C10H13BrO2. The number of rotatable bonds is 3. The summed E-state index contributed by atoms with van der Waals surface area (Å²) in [6, 6.07) is 5.79. The Morgan fingerprint density at radius 1 is 1.54 bits per heavy atom. The fourth-order valence-corrected chi connectivity index (χ4v) is 1.98. The van der Waals surface area contributed by atoms with E-state index in [9.17, 15) is 0 Å². The Balaban J connectivity index is 3.08. The number of aliphatic hydroxyl groups excluding tert-OH is 1. The van der Waals surface area contributed by atoms with Crippen LogP contribution in [0.15, 0.2) is 22.7 Å². The van der Waals surface area contributed by atoms with Gasteiger partial charge in [0.15, 0.2) is 0 Å². The fourth-order valence-electron chi connectivity index (χ4n) is 1.16. The lowest BCUT2D eigenvalue weighted by Gasteiger charge is -2.12. The molecule has 1 aromatic rings. The standard InChI is InChI=1S/C10H13BrO2/c1-7(6-12)8-4-3-5-9(13-2)10(8)11/h3-5,7,12H,6H2,1-2H3. The van der Waals surface area contributed by atoms with E-state index in [0.717, 1.165) is 15.8 Å². The monoisotopic (exact) mass is 244 g/mol. The first kappa shape index (κ1) is 10.5. The molecular weight excluding hydrogens is 232 g/mol.